The first-order valence-electron chi connectivity index (χ1n) is 7.30. The summed E-state index contributed by atoms with van der Waals surface area (Å²) >= 11 is 3.47. The van der Waals surface area contributed by atoms with Crippen molar-refractivity contribution in [2.24, 2.45) is 5.92 Å². The molecular weight excluding hydrogens is 378 g/mol. The number of anilines is 1. The maximum absolute atomic E-state index is 12.5. The molecule has 0 saturated heterocycles. The van der Waals surface area contributed by atoms with Crippen molar-refractivity contribution < 1.29 is 14.3 Å². The highest BCUT2D eigenvalue weighted by molar-refractivity contribution is 9.10. The zero-order chi connectivity index (χ0) is 17.3. The minimum atomic E-state index is -0.652. The van der Waals surface area contributed by atoms with Crippen LogP contribution in [0.15, 0.2) is 34.9 Å². The van der Waals surface area contributed by atoms with Crippen molar-refractivity contribution in [3.8, 4) is 5.75 Å². The van der Waals surface area contributed by atoms with Crippen molar-refractivity contribution in [2.75, 3.05) is 19.0 Å². The molecule has 1 aliphatic heterocycles. The van der Waals surface area contributed by atoms with Gasteiger partial charge in [-0.2, -0.15) is 0 Å². The molecule has 0 unspecified atom stereocenters. The quantitative estimate of drug-likeness (QED) is 0.795. The minimum absolute atomic E-state index is 0.282. The van der Waals surface area contributed by atoms with Crippen LogP contribution < -0.4 is 10.1 Å². The van der Waals surface area contributed by atoms with E-state index < -0.39 is 12.0 Å². The largest absolute Gasteiger partial charge is 0.496 e. The molecule has 1 aromatic carbocycles. The molecule has 9 heteroatoms. The van der Waals surface area contributed by atoms with Crippen LogP contribution in [0.2, 0.25) is 0 Å². The van der Waals surface area contributed by atoms with Crippen LogP contribution in [0.4, 0.5) is 5.95 Å². The highest BCUT2D eigenvalue weighted by Gasteiger charge is 2.41. The third-order valence-corrected chi connectivity index (χ3v) is 4.40. The van der Waals surface area contributed by atoms with Crippen molar-refractivity contribution in [3.05, 3.63) is 40.5 Å². The zero-order valence-electron chi connectivity index (χ0n) is 13.2. The van der Waals surface area contributed by atoms with E-state index in [0.717, 1.165) is 10.0 Å². The summed E-state index contributed by atoms with van der Waals surface area (Å²) in [5.41, 5.74) is 1.32. The van der Waals surface area contributed by atoms with Crippen LogP contribution in [-0.2, 0) is 9.53 Å². The van der Waals surface area contributed by atoms with Gasteiger partial charge in [-0.05, 0) is 51.0 Å². The number of carbonyl (C=O) groups is 1. The monoisotopic (exact) mass is 393 g/mol. The Kier molecular flexibility index (Phi) is 4.52. The Labute approximate surface area is 147 Å². The summed E-state index contributed by atoms with van der Waals surface area (Å²) in [5, 5.41) is 14.6. The van der Waals surface area contributed by atoms with E-state index in [1.54, 1.807) is 18.7 Å². The maximum Gasteiger partial charge on any atom is 0.317 e. The van der Waals surface area contributed by atoms with Gasteiger partial charge in [-0.25, -0.2) is 4.68 Å². The van der Waals surface area contributed by atoms with E-state index in [1.165, 1.54) is 0 Å². The van der Waals surface area contributed by atoms with Gasteiger partial charge >= 0.3 is 5.97 Å². The number of esters is 1. The van der Waals surface area contributed by atoms with Gasteiger partial charge in [0.15, 0.2) is 0 Å². The summed E-state index contributed by atoms with van der Waals surface area (Å²) in [6.45, 7) is 6.00. The van der Waals surface area contributed by atoms with Crippen LogP contribution in [-0.4, -0.2) is 39.9 Å². The number of hydrogen-bond donors (Lipinski definition) is 1. The lowest BCUT2D eigenvalue weighted by Crippen LogP contribution is -2.37. The molecule has 8 nitrogen and oxygen atoms in total. The second-order valence-electron chi connectivity index (χ2n) is 5.17. The molecule has 3 rings (SSSR count). The van der Waals surface area contributed by atoms with Crippen molar-refractivity contribution in [3.63, 3.8) is 0 Å². The van der Waals surface area contributed by atoms with E-state index in [1.807, 2.05) is 18.2 Å². The van der Waals surface area contributed by atoms with Crippen molar-refractivity contribution in [2.45, 2.75) is 13.0 Å². The predicted octanol–water partition coefficient (Wildman–Crippen LogP) is 2.15. The second kappa shape index (κ2) is 6.60. The van der Waals surface area contributed by atoms with Gasteiger partial charge in [0, 0.05) is 5.70 Å². The van der Waals surface area contributed by atoms with Gasteiger partial charge in [0.25, 0.3) is 0 Å². The number of hydrogen-bond acceptors (Lipinski definition) is 7. The number of aromatic nitrogens is 4. The smallest absolute Gasteiger partial charge is 0.317 e. The molecule has 1 N–H and O–H groups in total. The van der Waals surface area contributed by atoms with Crippen LogP contribution in [0.3, 0.4) is 0 Å². The molecule has 0 amide bonds. The van der Waals surface area contributed by atoms with Gasteiger partial charge < -0.3 is 14.8 Å². The first-order chi connectivity index (χ1) is 11.6. The zero-order valence-corrected chi connectivity index (χ0v) is 14.8. The first kappa shape index (κ1) is 16.4. The fourth-order valence-corrected chi connectivity index (χ4v) is 3.28. The van der Waals surface area contributed by atoms with E-state index >= 15 is 0 Å². The third-order valence-electron chi connectivity index (χ3n) is 3.78. The van der Waals surface area contributed by atoms with Crippen molar-refractivity contribution in [1.82, 2.24) is 20.2 Å². The lowest BCUT2D eigenvalue weighted by molar-refractivity contribution is -0.147. The van der Waals surface area contributed by atoms with Gasteiger partial charge in [0.2, 0.25) is 5.95 Å². The summed E-state index contributed by atoms with van der Waals surface area (Å²) in [7, 11) is 1.59. The van der Waals surface area contributed by atoms with E-state index in [2.05, 4.69) is 43.4 Å². The molecule has 0 bridgehead atoms. The van der Waals surface area contributed by atoms with Crippen LogP contribution in [0.1, 0.15) is 18.5 Å². The number of rotatable bonds is 4. The predicted molar refractivity (Wildman–Crippen MR) is 89.5 cm³/mol. The first-order valence-corrected chi connectivity index (χ1v) is 8.09. The SMILES string of the molecule is C=C1Nc2nnnn2[C@@H](c2ccc(OC)c(Br)c2)[C@@H]1C(=O)OCC. The topological polar surface area (TPSA) is 91.2 Å². The molecule has 2 heterocycles. The summed E-state index contributed by atoms with van der Waals surface area (Å²) < 4.78 is 12.8. The molecule has 1 aromatic heterocycles. The number of nitrogens with zero attached hydrogens (tertiary/aromatic N) is 4. The number of benzene rings is 1. The number of methoxy groups -OCH3 is 1. The fraction of sp³-hybridized carbons (Fsp3) is 0.333. The van der Waals surface area contributed by atoms with Crippen LogP contribution in [0, 0.1) is 5.92 Å². The number of carbonyl (C=O) groups excluding carboxylic acids is 1. The molecule has 0 fully saturated rings. The Bertz CT molecular complexity index is 791. The Balaban J connectivity index is 2.11. The molecule has 2 aromatic rings. The third kappa shape index (κ3) is 2.75. The maximum atomic E-state index is 12.5. The number of nitrogens with one attached hydrogen (secondary N) is 1. The Morgan fingerprint density at radius 2 is 2.29 bits per heavy atom. The Hall–Kier alpha value is -2.42. The van der Waals surface area contributed by atoms with Crippen LogP contribution in [0.25, 0.3) is 0 Å². The number of halogens is 1. The molecule has 0 radical (unpaired) electrons. The van der Waals surface area contributed by atoms with Gasteiger partial charge in [0.1, 0.15) is 17.7 Å². The normalized spacial score (nSPS) is 19.4. The molecule has 0 saturated carbocycles. The molecule has 1 aliphatic rings. The number of tetrazole rings is 1. The second-order valence-corrected chi connectivity index (χ2v) is 6.02. The molecule has 0 spiro atoms. The van der Waals surface area contributed by atoms with Crippen molar-refractivity contribution in [1.29, 1.82) is 0 Å². The van der Waals surface area contributed by atoms with E-state index in [9.17, 15) is 4.79 Å². The standard InChI is InChI=1S/C15H16BrN5O3/c1-4-24-14(22)12-8(2)17-15-18-19-20-21(15)13(12)9-5-6-11(23-3)10(16)7-9/h5-7,12-13H,2,4H2,1,3H3,(H,17,18,20)/t12-,13+/m1/s1. The van der Waals surface area contributed by atoms with Gasteiger partial charge in [-0.1, -0.05) is 17.7 Å². The lowest BCUT2D eigenvalue weighted by Gasteiger charge is -2.32. The summed E-state index contributed by atoms with van der Waals surface area (Å²) in [6, 6.07) is 5.09. The van der Waals surface area contributed by atoms with Gasteiger partial charge in [0.05, 0.1) is 18.2 Å². The van der Waals surface area contributed by atoms with Gasteiger partial charge in [-0.15, -0.1) is 0 Å². The summed E-state index contributed by atoms with van der Waals surface area (Å²) in [4.78, 5) is 12.5. The lowest BCUT2D eigenvalue weighted by atomic mass is 9.89. The van der Waals surface area contributed by atoms with Crippen molar-refractivity contribution >= 4 is 27.8 Å². The average Bonchev–Trinajstić information content (AvgIpc) is 3.01. The summed E-state index contributed by atoms with van der Waals surface area (Å²) in [6.07, 6.45) is 0. The average molecular weight is 394 g/mol. The van der Waals surface area contributed by atoms with E-state index in [4.69, 9.17) is 9.47 Å². The summed E-state index contributed by atoms with van der Waals surface area (Å²) in [5.74, 6) is 0.0861. The minimum Gasteiger partial charge on any atom is -0.496 e. The molecule has 24 heavy (non-hydrogen) atoms. The Morgan fingerprint density at radius 1 is 1.50 bits per heavy atom. The van der Waals surface area contributed by atoms with Gasteiger partial charge in [-0.3, -0.25) is 4.79 Å². The molecule has 126 valence electrons. The Morgan fingerprint density at radius 3 is 2.96 bits per heavy atom. The number of ether oxygens (including phenoxy) is 2. The molecule has 0 aliphatic carbocycles. The highest BCUT2D eigenvalue weighted by atomic mass is 79.9. The van der Waals surface area contributed by atoms with E-state index in [0.29, 0.717) is 17.4 Å². The molecular formula is C15H16BrN5O3. The number of fused-ring (bicyclic) bond motifs is 1. The molecule has 2 atom stereocenters. The fourth-order valence-electron chi connectivity index (χ4n) is 2.72. The highest BCUT2D eigenvalue weighted by Crippen LogP contribution is 2.39. The van der Waals surface area contributed by atoms with Crippen LogP contribution in [0.5, 0.6) is 5.75 Å². The van der Waals surface area contributed by atoms with E-state index in [-0.39, 0.29) is 12.6 Å². The van der Waals surface area contributed by atoms with Crippen LogP contribution >= 0.6 is 15.9 Å².